The van der Waals surface area contributed by atoms with E-state index < -0.39 is 6.09 Å². The van der Waals surface area contributed by atoms with Gasteiger partial charge in [0.15, 0.2) is 5.78 Å². The first-order valence-corrected chi connectivity index (χ1v) is 7.91. The van der Waals surface area contributed by atoms with Gasteiger partial charge in [0.05, 0.1) is 6.61 Å². The summed E-state index contributed by atoms with van der Waals surface area (Å²) in [6, 6.07) is 13.6. The summed E-state index contributed by atoms with van der Waals surface area (Å²) in [5.41, 5.74) is 1.04. The van der Waals surface area contributed by atoms with Crippen LogP contribution in [0.1, 0.15) is 37.0 Å². The Kier molecular flexibility index (Phi) is 6.37. The number of ether oxygens (including phenoxy) is 2. The Labute approximate surface area is 141 Å². The SMILES string of the molecule is CCCCOc1ccc(OC(=O)Nc2cccc(C(C)=O)c2)cc1. The number of amides is 1. The number of ketones is 1. The van der Waals surface area contributed by atoms with Crippen LogP contribution in [0.4, 0.5) is 10.5 Å². The van der Waals surface area contributed by atoms with Gasteiger partial charge in [-0.1, -0.05) is 25.5 Å². The molecule has 0 saturated heterocycles. The molecule has 0 heterocycles. The van der Waals surface area contributed by atoms with E-state index in [-0.39, 0.29) is 5.78 Å². The highest BCUT2D eigenvalue weighted by atomic mass is 16.6. The minimum atomic E-state index is -0.615. The molecule has 0 saturated carbocycles. The molecular weight excluding hydrogens is 306 g/mol. The number of carbonyl (C=O) groups excluding carboxylic acids is 2. The highest BCUT2D eigenvalue weighted by Gasteiger charge is 2.07. The molecule has 0 aliphatic heterocycles. The van der Waals surface area contributed by atoms with Gasteiger partial charge in [0.25, 0.3) is 0 Å². The maximum atomic E-state index is 11.9. The average Bonchev–Trinajstić information content (AvgIpc) is 2.57. The molecule has 5 nitrogen and oxygen atoms in total. The summed E-state index contributed by atoms with van der Waals surface area (Å²) in [6.07, 6.45) is 1.46. The van der Waals surface area contributed by atoms with Crippen LogP contribution < -0.4 is 14.8 Å². The average molecular weight is 327 g/mol. The molecule has 2 aromatic rings. The zero-order valence-corrected chi connectivity index (χ0v) is 13.9. The number of benzene rings is 2. The van der Waals surface area contributed by atoms with Crippen molar-refractivity contribution < 1.29 is 19.1 Å². The molecule has 126 valence electrons. The van der Waals surface area contributed by atoms with Crippen LogP contribution in [0.2, 0.25) is 0 Å². The second-order valence-electron chi connectivity index (χ2n) is 5.32. The number of hydrogen-bond donors (Lipinski definition) is 1. The first kappa shape index (κ1) is 17.5. The van der Waals surface area contributed by atoms with Crippen molar-refractivity contribution in [2.24, 2.45) is 0 Å². The molecule has 0 aromatic heterocycles. The lowest BCUT2D eigenvalue weighted by molar-refractivity contribution is 0.101. The largest absolute Gasteiger partial charge is 0.494 e. The standard InChI is InChI=1S/C19H21NO4/c1-3-4-12-23-17-8-10-18(11-9-17)24-19(22)20-16-7-5-6-15(13-16)14(2)21/h5-11,13H,3-4,12H2,1-2H3,(H,20,22). The Hall–Kier alpha value is -2.82. The predicted octanol–water partition coefficient (Wildman–Crippen LogP) is 4.68. The van der Waals surface area contributed by atoms with E-state index in [1.165, 1.54) is 6.92 Å². The van der Waals surface area contributed by atoms with Crippen LogP contribution in [0.15, 0.2) is 48.5 Å². The molecule has 0 fully saturated rings. The molecule has 0 radical (unpaired) electrons. The van der Waals surface area contributed by atoms with Gasteiger partial charge in [-0.05, 0) is 49.7 Å². The summed E-state index contributed by atoms with van der Waals surface area (Å²) in [7, 11) is 0. The zero-order chi connectivity index (χ0) is 17.4. The van der Waals surface area contributed by atoms with Crippen molar-refractivity contribution in [2.45, 2.75) is 26.7 Å². The third-order valence-electron chi connectivity index (χ3n) is 3.32. The van der Waals surface area contributed by atoms with Crippen LogP contribution in [-0.4, -0.2) is 18.5 Å². The van der Waals surface area contributed by atoms with E-state index in [1.807, 2.05) is 0 Å². The molecule has 0 bridgehead atoms. The number of unbranched alkanes of at least 4 members (excludes halogenated alkanes) is 1. The van der Waals surface area contributed by atoms with Crippen molar-refractivity contribution in [1.82, 2.24) is 0 Å². The molecule has 2 aromatic carbocycles. The number of rotatable bonds is 7. The normalized spacial score (nSPS) is 10.1. The molecule has 5 heteroatoms. The molecule has 0 atom stereocenters. The summed E-state index contributed by atoms with van der Waals surface area (Å²) in [5.74, 6) is 1.09. The minimum Gasteiger partial charge on any atom is -0.494 e. The third-order valence-corrected chi connectivity index (χ3v) is 3.32. The van der Waals surface area contributed by atoms with Gasteiger partial charge in [0, 0.05) is 11.3 Å². The van der Waals surface area contributed by atoms with Crippen molar-refractivity contribution in [2.75, 3.05) is 11.9 Å². The van der Waals surface area contributed by atoms with Crippen molar-refractivity contribution in [3.05, 3.63) is 54.1 Å². The second-order valence-corrected chi connectivity index (χ2v) is 5.32. The van der Waals surface area contributed by atoms with Gasteiger partial charge in [-0.25, -0.2) is 4.79 Å². The van der Waals surface area contributed by atoms with Gasteiger partial charge in [-0.3, -0.25) is 10.1 Å². The van der Waals surface area contributed by atoms with E-state index in [4.69, 9.17) is 9.47 Å². The molecule has 0 aliphatic carbocycles. The van der Waals surface area contributed by atoms with Crippen molar-refractivity contribution in [1.29, 1.82) is 0 Å². The fourth-order valence-electron chi connectivity index (χ4n) is 2.00. The fourth-order valence-corrected chi connectivity index (χ4v) is 2.00. The molecule has 0 spiro atoms. The highest BCUT2D eigenvalue weighted by molar-refractivity contribution is 5.96. The van der Waals surface area contributed by atoms with Crippen LogP contribution >= 0.6 is 0 Å². The second kappa shape index (κ2) is 8.72. The molecule has 0 aliphatic rings. The molecule has 0 unspecified atom stereocenters. The third kappa shape index (κ3) is 5.43. The van der Waals surface area contributed by atoms with Crippen LogP contribution in [0, 0.1) is 0 Å². The molecule has 1 N–H and O–H groups in total. The Bertz CT molecular complexity index is 695. The zero-order valence-electron chi connectivity index (χ0n) is 13.9. The fraction of sp³-hybridized carbons (Fsp3) is 0.263. The number of nitrogens with one attached hydrogen (secondary N) is 1. The lowest BCUT2D eigenvalue weighted by Gasteiger charge is -2.09. The number of hydrogen-bond acceptors (Lipinski definition) is 4. The smallest absolute Gasteiger partial charge is 0.417 e. The number of Topliss-reactive ketones (excluding diaryl/α,β-unsaturated/α-hetero) is 1. The Morgan fingerprint density at radius 1 is 1.04 bits per heavy atom. The minimum absolute atomic E-state index is 0.0642. The summed E-state index contributed by atoms with van der Waals surface area (Å²) in [6.45, 7) is 4.25. The number of carbonyl (C=O) groups is 2. The van der Waals surface area contributed by atoms with E-state index in [0.717, 1.165) is 18.6 Å². The van der Waals surface area contributed by atoms with E-state index in [2.05, 4.69) is 12.2 Å². The highest BCUT2D eigenvalue weighted by Crippen LogP contribution is 2.19. The Morgan fingerprint density at radius 2 is 1.75 bits per heavy atom. The van der Waals surface area contributed by atoms with Crippen molar-refractivity contribution in [3.8, 4) is 11.5 Å². The number of anilines is 1. The quantitative estimate of drug-likeness (QED) is 0.592. The van der Waals surface area contributed by atoms with Gasteiger partial charge in [0.2, 0.25) is 0 Å². The topological polar surface area (TPSA) is 64.6 Å². The van der Waals surface area contributed by atoms with E-state index in [9.17, 15) is 9.59 Å². The Morgan fingerprint density at radius 3 is 2.42 bits per heavy atom. The van der Waals surface area contributed by atoms with Crippen LogP contribution in [0.3, 0.4) is 0 Å². The predicted molar refractivity (Wildman–Crippen MR) is 92.9 cm³/mol. The molecule has 1 amide bonds. The maximum Gasteiger partial charge on any atom is 0.417 e. The van der Waals surface area contributed by atoms with Crippen LogP contribution in [0.25, 0.3) is 0 Å². The molecular formula is C19H21NO4. The summed E-state index contributed by atoms with van der Waals surface area (Å²) >= 11 is 0. The van der Waals surface area contributed by atoms with Gasteiger partial charge in [-0.15, -0.1) is 0 Å². The van der Waals surface area contributed by atoms with E-state index in [1.54, 1.807) is 48.5 Å². The van der Waals surface area contributed by atoms with E-state index >= 15 is 0 Å². The maximum absolute atomic E-state index is 11.9. The van der Waals surface area contributed by atoms with Crippen molar-refractivity contribution >= 4 is 17.6 Å². The monoisotopic (exact) mass is 327 g/mol. The summed E-state index contributed by atoms with van der Waals surface area (Å²) < 4.78 is 10.8. The van der Waals surface area contributed by atoms with Crippen LogP contribution in [-0.2, 0) is 0 Å². The van der Waals surface area contributed by atoms with Gasteiger partial charge >= 0.3 is 6.09 Å². The van der Waals surface area contributed by atoms with Gasteiger partial charge in [0.1, 0.15) is 11.5 Å². The van der Waals surface area contributed by atoms with Crippen molar-refractivity contribution in [3.63, 3.8) is 0 Å². The summed E-state index contributed by atoms with van der Waals surface area (Å²) in [5, 5.41) is 2.60. The first-order chi connectivity index (χ1) is 11.6. The summed E-state index contributed by atoms with van der Waals surface area (Å²) in [4.78, 5) is 23.3. The van der Waals surface area contributed by atoms with Crippen LogP contribution in [0.5, 0.6) is 11.5 Å². The van der Waals surface area contributed by atoms with Gasteiger partial charge in [-0.2, -0.15) is 0 Å². The van der Waals surface area contributed by atoms with Gasteiger partial charge < -0.3 is 9.47 Å². The lowest BCUT2D eigenvalue weighted by Crippen LogP contribution is -2.16. The molecule has 24 heavy (non-hydrogen) atoms. The van der Waals surface area contributed by atoms with E-state index in [0.29, 0.717) is 23.6 Å². The Balaban J connectivity index is 1.90. The first-order valence-electron chi connectivity index (χ1n) is 7.91. The lowest BCUT2D eigenvalue weighted by atomic mass is 10.1. The molecule has 2 rings (SSSR count).